The van der Waals surface area contributed by atoms with Crippen LogP contribution in [0.5, 0.6) is 0 Å². The zero-order valence-electron chi connectivity index (χ0n) is 13.2. The molecule has 2 unspecified atom stereocenters. The molecule has 19 heavy (non-hydrogen) atoms. The largest absolute Gasteiger partial charge is 0.330 e. The molecule has 0 aliphatic carbocycles. The van der Waals surface area contributed by atoms with Crippen LogP contribution >= 0.6 is 0 Å². The molecule has 2 heteroatoms. The van der Waals surface area contributed by atoms with Gasteiger partial charge in [0.1, 0.15) is 0 Å². The van der Waals surface area contributed by atoms with Crippen molar-refractivity contribution in [2.24, 2.45) is 17.6 Å². The summed E-state index contributed by atoms with van der Waals surface area (Å²) < 4.78 is 0. The van der Waals surface area contributed by atoms with E-state index in [1.807, 2.05) is 0 Å². The summed E-state index contributed by atoms with van der Waals surface area (Å²) in [7, 11) is 4.29. The normalized spacial score (nSPS) is 14.9. The minimum absolute atomic E-state index is 0.420. The fourth-order valence-corrected chi connectivity index (χ4v) is 2.83. The molecule has 1 aromatic rings. The van der Waals surface area contributed by atoms with Crippen LogP contribution in [-0.4, -0.2) is 25.5 Å². The minimum atomic E-state index is 0.420. The highest BCUT2D eigenvalue weighted by atomic mass is 15.1. The van der Waals surface area contributed by atoms with Crippen LogP contribution < -0.4 is 5.73 Å². The molecule has 0 heterocycles. The Bertz CT molecular complexity index is 350. The van der Waals surface area contributed by atoms with Gasteiger partial charge in [-0.3, -0.25) is 0 Å². The molecule has 0 spiro atoms. The number of hydrogen-bond donors (Lipinski definition) is 1. The van der Waals surface area contributed by atoms with Crippen LogP contribution in [0.1, 0.15) is 44.4 Å². The highest BCUT2D eigenvalue weighted by Crippen LogP contribution is 2.28. The SMILES string of the molecule is CCC(CN)C(c1ccc(CC(C)C)cc1)N(C)C. The van der Waals surface area contributed by atoms with Crippen molar-refractivity contribution in [2.45, 2.75) is 39.7 Å². The van der Waals surface area contributed by atoms with Crippen molar-refractivity contribution in [3.63, 3.8) is 0 Å². The number of hydrogen-bond acceptors (Lipinski definition) is 2. The van der Waals surface area contributed by atoms with Gasteiger partial charge in [0.05, 0.1) is 0 Å². The summed E-state index contributed by atoms with van der Waals surface area (Å²) in [6.07, 6.45) is 2.27. The van der Waals surface area contributed by atoms with E-state index in [1.165, 1.54) is 11.1 Å². The van der Waals surface area contributed by atoms with Gasteiger partial charge in [-0.1, -0.05) is 51.5 Å². The molecular formula is C17H30N2. The summed E-state index contributed by atoms with van der Waals surface area (Å²) in [5.74, 6) is 1.23. The molecule has 2 nitrogen and oxygen atoms in total. The predicted octanol–water partition coefficient (Wildman–Crippen LogP) is 3.47. The zero-order valence-corrected chi connectivity index (χ0v) is 13.2. The Hall–Kier alpha value is -0.860. The molecule has 0 saturated carbocycles. The lowest BCUT2D eigenvalue weighted by atomic mass is 9.89. The molecule has 0 fully saturated rings. The average molecular weight is 262 g/mol. The van der Waals surface area contributed by atoms with Crippen molar-refractivity contribution >= 4 is 0 Å². The maximum absolute atomic E-state index is 5.93. The van der Waals surface area contributed by atoms with Gasteiger partial charge in [-0.05, 0) is 50.0 Å². The molecule has 0 bridgehead atoms. The van der Waals surface area contributed by atoms with E-state index in [4.69, 9.17) is 5.73 Å². The van der Waals surface area contributed by atoms with Gasteiger partial charge in [0.25, 0.3) is 0 Å². The van der Waals surface area contributed by atoms with Crippen LogP contribution in [-0.2, 0) is 6.42 Å². The van der Waals surface area contributed by atoms with Crippen LogP contribution in [0.2, 0.25) is 0 Å². The Kier molecular flexibility index (Phi) is 6.53. The lowest BCUT2D eigenvalue weighted by Gasteiger charge is -2.31. The van der Waals surface area contributed by atoms with E-state index >= 15 is 0 Å². The Balaban J connectivity index is 2.91. The first-order chi connectivity index (χ1) is 8.99. The number of benzene rings is 1. The molecule has 0 amide bonds. The van der Waals surface area contributed by atoms with Gasteiger partial charge < -0.3 is 10.6 Å². The number of nitrogens with zero attached hydrogens (tertiary/aromatic N) is 1. The quantitative estimate of drug-likeness (QED) is 0.815. The monoisotopic (exact) mass is 262 g/mol. The van der Waals surface area contributed by atoms with E-state index in [9.17, 15) is 0 Å². The second-order valence-electron chi connectivity index (χ2n) is 6.15. The first-order valence-corrected chi connectivity index (χ1v) is 7.44. The van der Waals surface area contributed by atoms with E-state index in [1.54, 1.807) is 0 Å². The standard InChI is InChI=1S/C17H30N2/c1-6-15(12-18)17(19(4)5)16-9-7-14(8-10-16)11-13(2)3/h7-10,13,15,17H,6,11-12,18H2,1-5H3. The van der Waals surface area contributed by atoms with Crippen LogP contribution in [0.15, 0.2) is 24.3 Å². The minimum Gasteiger partial charge on any atom is -0.330 e. The van der Waals surface area contributed by atoms with Crippen LogP contribution in [0, 0.1) is 11.8 Å². The van der Waals surface area contributed by atoms with Gasteiger partial charge in [-0.15, -0.1) is 0 Å². The van der Waals surface area contributed by atoms with Crippen LogP contribution in [0.25, 0.3) is 0 Å². The maximum Gasteiger partial charge on any atom is 0.0382 e. The van der Waals surface area contributed by atoms with Crippen LogP contribution in [0.4, 0.5) is 0 Å². The molecule has 2 atom stereocenters. The molecule has 0 aliphatic rings. The van der Waals surface area contributed by atoms with Gasteiger partial charge >= 0.3 is 0 Å². The van der Waals surface area contributed by atoms with Crippen molar-refractivity contribution in [3.05, 3.63) is 35.4 Å². The summed E-state index contributed by atoms with van der Waals surface area (Å²) >= 11 is 0. The first kappa shape index (κ1) is 16.2. The Morgan fingerprint density at radius 3 is 2.05 bits per heavy atom. The summed E-state index contributed by atoms with van der Waals surface area (Å²) in [4.78, 5) is 2.29. The van der Waals surface area contributed by atoms with Gasteiger partial charge in [0, 0.05) is 6.04 Å². The fourth-order valence-electron chi connectivity index (χ4n) is 2.83. The summed E-state index contributed by atoms with van der Waals surface area (Å²) in [5, 5.41) is 0. The molecule has 1 rings (SSSR count). The molecule has 0 saturated heterocycles. The second-order valence-corrected chi connectivity index (χ2v) is 6.15. The molecule has 0 radical (unpaired) electrons. The zero-order chi connectivity index (χ0) is 14.4. The van der Waals surface area contributed by atoms with Crippen molar-refractivity contribution in [3.8, 4) is 0 Å². The molecule has 0 aliphatic heterocycles. The Morgan fingerprint density at radius 1 is 1.11 bits per heavy atom. The first-order valence-electron chi connectivity index (χ1n) is 7.44. The smallest absolute Gasteiger partial charge is 0.0382 e. The Morgan fingerprint density at radius 2 is 1.68 bits per heavy atom. The molecular weight excluding hydrogens is 232 g/mol. The van der Waals surface area contributed by atoms with E-state index < -0.39 is 0 Å². The second kappa shape index (κ2) is 7.66. The topological polar surface area (TPSA) is 29.3 Å². The lowest BCUT2D eigenvalue weighted by Crippen LogP contribution is -2.31. The average Bonchev–Trinajstić information content (AvgIpc) is 2.36. The van der Waals surface area contributed by atoms with Crippen molar-refractivity contribution in [1.82, 2.24) is 4.90 Å². The Labute approximate surface area is 119 Å². The van der Waals surface area contributed by atoms with Gasteiger partial charge in [-0.25, -0.2) is 0 Å². The number of rotatable bonds is 7. The van der Waals surface area contributed by atoms with Gasteiger partial charge in [0.2, 0.25) is 0 Å². The maximum atomic E-state index is 5.93. The van der Waals surface area contributed by atoms with Crippen molar-refractivity contribution < 1.29 is 0 Å². The summed E-state index contributed by atoms with van der Waals surface area (Å²) in [6, 6.07) is 9.52. The highest BCUT2D eigenvalue weighted by Gasteiger charge is 2.22. The van der Waals surface area contributed by atoms with E-state index in [0.29, 0.717) is 17.9 Å². The van der Waals surface area contributed by atoms with Crippen molar-refractivity contribution in [1.29, 1.82) is 0 Å². The molecule has 2 N–H and O–H groups in total. The van der Waals surface area contributed by atoms with E-state index in [0.717, 1.165) is 19.4 Å². The molecule has 1 aromatic carbocycles. The van der Waals surface area contributed by atoms with Crippen LogP contribution in [0.3, 0.4) is 0 Å². The third kappa shape index (κ3) is 4.63. The van der Waals surface area contributed by atoms with Crippen molar-refractivity contribution in [2.75, 3.05) is 20.6 Å². The third-order valence-corrected chi connectivity index (χ3v) is 3.80. The van der Waals surface area contributed by atoms with E-state index in [2.05, 4.69) is 64.0 Å². The van der Waals surface area contributed by atoms with Gasteiger partial charge in [0.15, 0.2) is 0 Å². The molecule has 0 aromatic heterocycles. The predicted molar refractivity (Wildman–Crippen MR) is 84.2 cm³/mol. The number of nitrogens with two attached hydrogens (primary N) is 1. The van der Waals surface area contributed by atoms with E-state index in [-0.39, 0.29) is 0 Å². The van der Waals surface area contributed by atoms with Gasteiger partial charge in [-0.2, -0.15) is 0 Å². The highest BCUT2D eigenvalue weighted by molar-refractivity contribution is 5.26. The lowest BCUT2D eigenvalue weighted by molar-refractivity contribution is 0.211. The third-order valence-electron chi connectivity index (χ3n) is 3.80. The molecule has 108 valence electrons. The summed E-state index contributed by atoms with van der Waals surface area (Å²) in [5.41, 5.74) is 8.74. The summed E-state index contributed by atoms with van der Waals surface area (Å²) in [6.45, 7) is 7.49. The fraction of sp³-hybridized carbons (Fsp3) is 0.647.